The molecule has 2 amide bonds. The molecule has 3 unspecified atom stereocenters. The Hall–Kier alpha value is -5.17. The van der Waals surface area contributed by atoms with Crippen LogP contribution in [0.25, 0.3) is 11.6 Å². The summed E-state index contributed by atoms with van der Waals surface area (Å²) in [6.07, 6.45) is -0.624. The average Bonchev–Trinajstić information content (AvgIpc) is 3.83. The van der Waals surface area contributed by atoms with Gasteiger partial charge in [0.2, 0.25) is 23.6 Å². The topological polar surface area (TPSA) is 178 Å². The number of aromatic nitrogens is 2. The van der Waals surface area contributed by atoms with E-state index in [9.17, 15) is 19.5 Å². The van der Waals surface area contributed by atoms with Crippen molar-refractivity contribution in [3.63, 3.8) is 0 Å². The van der Waals surface area contributed by atoms with E-state index in [0.29, 0.717) is 11.5 Å². The lowest BCUT2D eigenvalue weighted by atomic mass is 9.72. The number of carbonyl (C=O) groups excluding carboxylic acids is 3. The smallest absolute Gasteiger partial charge is 0.360 e. The van der Waals surface area contributed by atoms with Gasteiger partial charge in [0.1, 0.15) is 35.6 Å². The second-order valence-electron chi connectivity index (χ2n) is 12.8. The number of esters is 1. The van der Waals surface area contributed by atoms with Gasteiger partial charge in [0.15, 0.2) is 23.4 Å². The largest absolute Gasteiger partial charge is 0.469 e. The summed E-state index contributed by atoms with van der Waals surface area (Å²) in [6, 6.07) is 11.6. The van der Waals surface area contributed by atoms with Crippen LogP contribution in [0.2, 0.25) is 0 Å². The molecule has 4 aromatic rings. The van der Waals surface area contributed by atoms with E-state index in [1.165, 1.54) is 13.4 Å². The molecule has 3 aliphatic heterocycles. The van der Waals surface area contributed by atoms with Crippen LogP contribution in [-0.2, 0) is 26.2 Å². The van der Waals surface area contributed by atoms with Crippen LogP contribution in [0.3, 0.4) is 0 Å². The van der Waals surface area contributed by atoms with E-state index in [4.69, 9.17) is 23.3 Å². The zero-order valence-corrected chi connectivity index (χ0v) is 26.5. The van der Waals surface area contributed by atoms with E-state index in [-0.39, 0.29) is 41.4 Å². The Labute approximate surface area is 270 Å². The summed E-state index contributed by atoms with van der Waals surface area (Å²) >= 11 is 0. The first-order valence-corrected chi connectivity index (χ1v) is 15.5. The summed E-state index contributed by atoms with van der Waals surface area (Å²) in [6.45, 7) is 7.26. The highest BCUT2D eigenvalue weighted by molar-refractivity contribution is 5.90. The number of nitrogens with one attached hydrogen (secondary N) is 3. The zero-order chi connectivity index (χ0) is 33.2. The van der Waals surface area contributed by atoms with Crippen LogP contribution in [0.5, 0.6) is 5.75 Å². The molecule has 2 aromatic heterocycles. The summed E-state index contributed by atoms with van der Waals surface area (Å²) in [7, 11) is 1.25. The van der Waals surface area contributed by atoms with Gasteiger partial charge in [-0.2, -0.15) is 0 Å². The van der Waals surface area contributed by atoms with Crippen molar-refractivity contribution < 1.29 is 37.8 Å². The molecule has 4 bridgehead atoms. The lowest BCUT2D eigenvalue weighted by molar-refractivity contribution is -0.135. The summed E-state index contributed by atoms with van der Waals surface area (Å²) in [4.78, 5) is 48.6. The van der Waals surface area contributed by atoms with E-state index in [0.717, 1.165) is 22.4 Å². The third-order valence-corrected chi connectivity index (χ3v) is 9.05. The molecule has 13 nitrogen and oxygen atoms in total. The second-order valence-corrected chi connectivity index (χ2v) is 12.8. The Bertz CT molecular complexity index is 1900. The highest BCUT2D eigenvalue weighted by atomic mass is 16.5. The molecule has 5 heterocycles. The lowest BCUT2D eigenvalue weighted by Gasteiger charge is -2.29. The summed E-state index contributed by atoms with van der Waals surface area (Å²) < 4.78 is 24.0. The Morgan fingerprint density at radius 1 is 1.09 bits per heavy atom. The van der Waals surface area contributed by atoms with Gasteiger partial charge < -0.3 is 39.4 Å². The SMILES string of the molecule is COC(=O)c1coc(-c2nc3oc2C24c5ccccc5NC2Oc2ccc(cc24)CC(NC(=O)[C@@H](O)C(C)C)C(=O)N[C@H]3C(C)C)n1. The molecule has 2 aromatic carbocycles. The van der Waals surface area contributed by atoms with Crippen molar-refractivity contribution in [1.29, 1.82) is 0 Å². The molecule has 47 heavy (non-hydrogen) atoms. The predicted octanol–water partition coefficient (Wildman–Crippen LogP) is 3.47. The van der Waals surface area contributed by atoms with Crippen molar-refractivity contribution >= 4 is 23.5 Å². The van der Waals surface area contributed by atoms with Crippen LogP contribution in [-0.4, -0.2) is 58.3 Å². The van der Waals surface area contributed by atoms with E-state index in [1.54, 1.807) is 13.8 Å². The maximum absolute atomic E-state index is 13.9. The molecule has 3 aliphatic rings. The van der Waals surface area contributed by atoms with Gasteiger partial charge in [-0.15, -0.1) is 0 Å². The molecule has 5 atom stereocenters. The number of ether oxygens (including phenoxy) is 2. The van der Waals surface area contributed by atoms with Crippen molar-refractivity contribution in [2.45, 2.75) is 63.9 Å². The summed E-state index contributed by atoms with van der Waals surface area (Å²) in [5, 5.41) is 19.8. The molecular weight excluding hydrogens is 606 g/mol. The average molecular weight is 642 g/mol. The van der Waals surface area contributed by atoms with Gasteiger partial charge >= 0.3 is 5.97 Å². The Balaban J connectivity index is 1.48. The normalized spacial score (nSPS) is 23.1. The fraction of sp³-hybridized carbons (Fsp3) is 0.382. The standard InChI is InChI=1S/C34H35N5O8/c1-15(2)24-31-39-25(30-36-22(14-45-30)32(43)44-5)27(47-31)34-18-8-6-7-9-20(18)37-33(34)46-23-11-10-17(12-19(23)34)13-21(28(41)38-24)35-29(42)26(40)16(3)4/h6-12,14-16,21,24,26,33,37,40H,13H2,1-5H3,(H,35,42)(H,38,41)/t21?,24-,26-,33?,34?/m0/s1. The van der Waals surface area contributed by atoms with Crippen LogP contribution in [0, 0.1) is 11.8 Å². The number of methoxy groups -OCH3 is 1. The monoisotopic (exact) mass is 641 g/mol. The molecule has 0 aliphatic carbocycles. The van der Waals surface area contributed by atoms with E-state index in [2.05, 4.69) is 20.9 Å². The number of aliphatic hydroxyl groups excluding tert-OH is 1. The van der Waals surface area contributed by atoms with E-state index >= 15 is 0 Å². The third-order valence-electron chi connectivity index (χ3n) is 9.05. The number of oxazole rings is 2. The first-order chi connectivity index (χ1) is 22.5. The number of hydrogen-bond acceptors (Lipinski definition) is 11. The van der Waals surface area contributed by atoms with Crippen molar-refractivity contribution in [2.75, 3.05) is 12.4 Å². The van der Waals surface area contributed by atoms with Gasteiger partial charge in [-0.3, -0.25) is 9.59 Å². The van der Waals surface area contributed by atoms with Gasteiger partial charge in [-0.25, -0.2) is 14.8 Å². The summed E-state index contributed by atoms with van der Waals surface area (Å²) in [5.41, 5.74) is 2.25. The van der Waals surface area contributed by atoms with Gasteiger partial charge in [-0.05, 0) is 35.1 Å². The van der Waals surface area contributed by atoms with Crippen molar-refractivity contribution in [3.05, 3.63) is 82.8 Å². The minimum absolute atomic E-state index is 0.0222. The van der Waals surface area contributed by atoms with Crippen molar-refractivity contribution in [3.8, 4) is 17.3 Å². The highest BCUT2D eigenvalue weighted by Crippen LogP contribution is 2.59. The molecule has 0 saturated heterocycles. The molecular formula is C34H35N5O8. The van der Waals surface area contributed by atoms with Gasteiger partial charge in [-0.1, -0.05) is 58.0 Å². The second kappa shape index (κ2) is 11.3. The molecule has 13 heteroatoms. The Morgan fingerprint density at radius 2 is 1.87 bits per heavy atom. The van der Waals surface area contributed by atoms with Gasteiger partial charge in [0.05, 0.1) is 7.11 Å². The number of benzene rings is 2. The molecule has 0 radical (unpaired) electrons. The van der Waals surface area contributed by atoms with Crippen LogP contribution in [0.1, 0.15) is 72.6 Å². The minimum atomic E-state index is -1.30. The van der Waals surface area contributed by atoms with E-state index < -0.39 is 47.6 Å². The Morgan fingerprint density at radius 3 is 2.62 bits per heavy atom. The van der Waals surface area contributed by atoms with Crippen LogP contribution >= 0.6 is 0 Å². The number of hydrogen-bond donors (Lipinski definition) is 4. The van der Waals surface area contributed by atoms with Crippen molar-refractivity contribution in [1.82, 2.24) is 20.6 Å². The molecule has 4 N–H and O–H groups in total. The number of aliphatic hydroxyl groups is 1. The fourth-order valence-corrected chi connectivity index (χ4v) is 6.59. The number of anilines is 1. The molecule has 0 saturated carbocycles. The summed E-state index contributed by atoms with van der Waals surface area (Å²) in [5.74, 6) is -1.23. The van der Waals surface area contributed by atoms with E-state index in [1.807, 2.05) is 56.3 Å². The number of rotatable bonds is 6. The van der Waals surface area contributed by atoms with Crippen LogP contribution in [0.4, 0.5) is 5.69 Å². The minimum Gasteiger partial charge on any atom is -0.469 e. The fourth-order valence-electron chi connectivity index (χ4n) is 6.59. The number of nitrogens with zero attached hydrogens (tertiary/aromatic N) is 2. The number of para-hydroxylation sites is 1. The van der Waals surface area contributed by atoms with Gasteiger partial charge in [0, 0.05) is 17.7 Å². The van der Waals surface area contributed by atoms with Crippen LogP contribution in [0.15, 0.2) is 57.6 Å². The van der Waals surface area contributed by atoms with Crippen LogP contribution < -0.4 is 20.7 Å². The predicted molar refractivity (Wildman–Crippen MR) is 166 cm³/mol. The first kappa shape index (κ1) is 30.5. The quantitative estimate of drug-likeness (QED) is 0.227. The van der Waals surface area contributed by atoms with Crippen molar-refractivity contribution in [2.24, 2.45) is 11.8 Å². The maximum Gasteiger partial charge on any atom is 0.360 e. The number of amides is 2. The lowest BCUT2D eigenvalue weighted by Crippen LogP contribution is -2.52. The molecule has 1 spiro atoms. The molecule has 244 valence electrons. The van der Waals surface area contributed by atoms with Gasteiger partial charge in [0.25, 0.3) is 0 Å². The first-order valence-electron chi connectivity index (χ1n) is 15.5. The number of carbonyl (C=O) groups is 3. The number of fused-ring (bicyclic) bond motifs is 4. The maximum atomic E-state index is 13.9. The molecule has 0 fully saturated rings. The zero-order valence-electron chi connectivity index (χ0n) is 26.5. The highest BCUT2D eigenvalue weighted by Gasteiger charge is 2.61. The third kappa shape index (κ3) is 4.75. The molecule has 7 rings (SSSR count). The Kier molecular flexibility index (Phi) is 7.31.